The maximum Gasteiger partial charge on any atom is 0.0491 e. The second-order valence-electron chi connectivity index (χ2n) is 6.46. The molecule has 0 N–H and O–H groups in total. The van der Waals surface area contributed by atoms with E-state index in [0.717, 1.165) is 6.42 Å². The highest BCUT2D eigenvalue weighted by Crippen LogP contribution is 2.43. The second-order valence-corrected chi connectivity index (χ2v) is 6.46. The summed E-state index contributed by atoms with van der Waals surface area (Å²) in [6, 6.07) is 19.9. The molecule has 2 aliphatic rings. The number of aromatic nitrogens is 1. The van der Waals surface area contributed by atoms with Crippen molar-refractivity contribution in [3.63, 3.8) is 0 Å². The maximum atomic E-state index is 2.58. The molecule has 108 valence electrons. The lowest BCUT2D eigenvalue weighted by Crippen LogP contribution is -2.06. The first-order valence-electron chi connectivity index (χ1n) is 8.32. The Labute approximate surface area is 131 Å². The zero-order valence-electron chi connectivity index (χ0n) is 12.7. The van der Waals surface area contributed by atoms with Gasteiger partial charge < -0.3 is 4.57 Å². The van der Waals surface area contributed by atoms with Crippen molar-refractivity contribution in [1.29, 1.82) is 0 Å². The number of para-hydroxylation sites is 1. The predicted molar refractivity (Wildman–Crippen MR) is 90.7 cm³/mol. The minimum Gasteiger partial charge on any atom is -0.316 e. The van der Waals surface area contributed by atoms with Gasteiger partial charge in [-0.3, -0.25) is 0 Å². The highest BCUT2D eigenvalue weighted by molar-refractivity contribution is 5.76. The molecule has 0 unspecified atom stereocenters. The lowest BCUT2D eigenvalue weighted by atomic mass is 9.90. The van der Waals surface area contributed by atoms with Crippen LogP contribution in [-0.2, 0) is 19.3 Å². The summed E-state index contributed by atoms with van der Waals surface area (Å²) >= 11 is 0. The Balaban J connectivity index is 1.83. The van der Waals surface area contributed by atoms with E-state index in [9.17, 15) is 0 Å². The van der Waals surface area contributed by atoms with Crippen LogP contribution in [0.15, 0.2) is 54.6 Å². The van der Waals surface area contributed by atoms with Gasteiger partial charge in [-0.05, 0) is 48.4 Å². The molecule has 0 atom stereocenters. The molecule has 1 aliphatic carbocycles. The van der Waals surface area contributed by atoms with Crippen LogP contribution in [0.3, 0.4) is 0 Å². The smallest absolute Gasteiger partial charge is 0.0491 e. The van der Waals surface area contributed by atoms with Gasteiger partial charge in [0.05, 0.1) is 0 Å². The Morgan fingerprint density at radius 3 is 2.41 bits per heavy atom. The first-order valence-corrected chi connectivity index (χ1v) is 8.32. The van der Waals surface area contributed by atoms with Gasteiger partial charge in [0.25, 0.3) is 0 Å². The molecule has 0 bridgehead atoms. The molecule has 0 amide bonds. The average molecular weight is 285 g/mol. The molecule has 3 aromatic rings. The van der Waals surface area contributed by atoms with Crippen molar-refractivity contribution in [3.8, 4) is 16.8 Å². The molecule has 0 radical (unpaired) electrons. The third-order valence-electron chi connectivity index (χ3n) is 5.22. The highest BCUT2D eigenvalue weighted by Gasteiger charge is 2.30. The fourth-order valence-electron chi connectivity index (χ4n) is 4.32. The van der Waals surface area contributed by atoms with Crippen LogP contribution in [0.2, 0.25) is 0 Å². The van der Waals surface area contributed by atoms with Gasteiger partial charge in [-0.15, -0.1) is 0 Å². The van der Waals surface area contributed by atoms with Gasteiger partial charge >= 0.3 is 0 Å². The molecule has 0 spiro atoms. The molecule has 5 rings (SSSR count). The molecule has 1 heteroatoms. The number of benzene rings is 2. The lowest BCUT2D eigenvalue weighted by molar-refractivity contribution is 0.664. The third kappa shape index (κ3) is 1.60. The van der Waals surface area contributed by atoms with Crippen molar-refractivity contribution in [2.45, 2.75) is 32.1 Å². The molecule has 2 heterocycles. The zero-order valence-corrected chi connectivity index (χ0v) is 12.7. The van der Waals surface area contributed by atoms with Gasteiger partial charge in [-0.2, -0.15) is 0 Å². The third-order valence-corrected chi connectivity index (χ3v) is 5.22. The van der Waals surface area contributed by atoms with E-state index >= 15 is 0 Å². The van der Waals surface area contributed by atoms with Crippen molar-refractivity contribution in [3.05, 3.63) is 77.1 Å². The summed E-state index contributed by atoms with van der Waals surface area (Å²) in [4.78, 5) is 0. The van der Waals surface area contributed by atoms with Crippen LogP contribution < -0.4 is 0 Å². The SMILES string of the molecule is c1ccc(-c2c3c(n4c2Cc2ccccc2-4)CCCC3)cc1. The summed E-state index contributed by atoms with van der Waals surface area (Å²) in [5.41, 5.74) is 10.5. The fourth-order valence-corrected chi connectivity index (χ4v) is 4.32. The first-order chi connectivity index (χ1) is 10.9. The van der Waals surface area contributed by atoms with Gasteiger partial charge in [0.2, 0.25) is 0 Å². The normalized spacial score (nSPS) is 15.3. The minimum absolute atomic E-state index is 1.08. The van der Waals surface area contributed by atoms with E-state index in [1.807, 2.05) is 0 Å². The molecule has 22 heavy (non-hydrogen) atoms. The Kier molecular flexibility index (Phi) is 2.57. The zero-order chi connectivity index (χ0) is 14.5. The van der Waals surface area contributed by atoms with E-state index < -0.39 is 0 Å². The van der Waals surface area contributed by atoms with Gasteiger partial charge in [0.1, 0.15) is 0 Å². The van der Waals surface area contributed by atoms with Crippen LogP contribution in [0, 0.1) is 0 Å². The van der Waals surface area contributed by atoms with Crippen molar-refractivity contribution in [2.24, 2.45) is 0 Å². The van der Waals surface area contributed by atoms with Crippen molar-refractivity contribution in [2.75, 3.05) is 0 Å². The highest BCUT2D eigenvalue weighted by atomic mass is 15.0. The summed E-state index contributed by atoms with van der Waals surface area (Å²) in [7, 11) is 0. The number of rotatable bonds is 1. The minimum atomic E-state index is 1.08. The van der Waals surface area contributed by atoms with Crippen LogP contribution in [-0.4, -0.2) is 4.57 Å². The molecule has 2 aromatic carbocycles. The largest absolute Gasteiger partial charge is 0.316 e. The average Bonchev–Trinajstić information content (AvgIpc) is 3.10. The maximum absolute atomic E-state index is 2.58. The summed E-state index contributed by atoms with van der Waals surface area (Å²) < 4.78 is 2.58. The Bertz CT molecular complexity index is 848. The van der Waals surface area contributed by atoms with E-state index in [4.69, 9.17) is 0 Å². The van der Waals surface area contributed by atoms with Gasteiger partial charge in [0, 0.05) is 29.1 Å². The number of fused-ring (bicyclic) bond motifs is 5. The summed E-state index contributed by atoms with van der Waals surface area (Å²) in [5, 5.41) is 0. The Morgan fingerprint density at radius 2 is 1.50 bits per heavy atom. The van der Waals surface area contributed by atoms with E-state index in [2.05, 4.69) is 59.2 Å². The number of hydrogen-bond donors (Lipinski definition) is 0. The number of hydrogen-bond acceptors (Lipinski definition) is 0. The van der Waals surface area contributed by atoms with Crippen molar-refractivity contribution in [1.82, 2.24) is 4.57 Å². The lowest BCUT2D eigenvalue weighted by Gasteiger charge is -2.16. The topological polar surface area (TPSA) is 4.93 Å². The standard InChI is InChI=1S/C21H19N/c1-2-8-15(9-3-1)21-17-11-5-7-13-19(17)22-18-12-6-4-10-16(18)14-20(21)22/h1-4,6,8-10,12H,5,7,11,13-14H2. The molecule has 0 saturated carbocycles. The van der Waals surface area contributed by atoms with E-state index in [0.29, 0.717) is 0 Å². The Morgan fingerprint density at radius 1 is 0.727 bits per heavy atom. The molecular weight excluding hydrogens is 266 g/mol. The number of nitrogens with zero attached hydrogens (tertiary/aromatic N) is 1. The summed E-state index contributed by atoms with van der Waals surface area (Å²) in [6.07, 6.45) is 6.20. The van der Waals surface area contributed by atoms with Gasteiger partial charge in [-0.1, -0.05) is 48.5 Å². The summed E-state index contributed by atoms with van der Waals surface area (Å²) in [6.45, 7) is 0. The van der Waals surface area contributed by atoms with Crippen LogP contribution in [0.25, 0.3) is 16.8 Å². The van der Waals surface area contributed by atoms with Crippen LogP contribution in [0.4, 0.5) is 0 Å². The van der Waals surface area contributed by atoms with E-state index in [-0.39, 0.29) is 0 Å². The van der Waals surface area contributed by atoms with Crippen LogP contribution in [0.1, 0.15) is 35.4 Å². The van der Waals surface area contributed by atoms with Crippen molar-refractivity contribution < 1.29 is 0 Å². The molecule has 1 aromatic heterocycles. The van der Waals surface area contributed by atoms with Gasteiger partial charge in [0.15, 0.2) is 0 Å². The molecule has 0 fully saturated rings. The fraction of sp³-hybridized carbons (Fsp3) is 0.238. The van der Waals surface area contributed by atoms with E-state index in [1.54, 1.807) is 11.3 Å². The molecule has 0 saturated heterocycles. The summed E-state index contributed by atoms with van der Waals surface area (Å²) in [5.74, 6) is 0. The van der Waals surface area contributed by atoms with E-state index in [1.165, 1.54) is 53.8 Å². The molecular formula is C21H19N. The first kappa shape index (κ1) is 12.3. The van der Waals surface area contributed by atoms with Crippen molar-refractivity contribution >= 4 is 0 Å². The van der Waals surface area contributed by atoms with Gasteiger partial charge in [-0.25, -0.2) is 0 Å². The van der Waals surface area contributed by atoms with Crippen LogP contribution >= 0.6 is 0 Å². The Hall–Kier alpha value is -2.28. The molecule has 1 aliphatic heterocycles. The monoisotopic (exact) mass is 285 g/mol. The second kappa shape index (κ2) is 4.61. The predicted octanol–water partition coefficient (Wildman–Crippen LogP) is 4.93. The quantitative estimate of drug-likeness (QED) is 0.467. The molecule has 1 nitrogen and oxygen atoms in total. The van der Waals surface area contributed by atoms with Crippen LogP contribution in [0.5, 0.6) is 0 Å².